The van der Waals surface area contributed by atoms with Crippen LogP contribution in [-0.2, 0) is 0 Å². The molecule has 108 valence electrons. The molecule has 0 aliphatic heterocycles. The van der Waals surface area contributed by atoms with E-state index in [2.05, 4.69) is 15.3 Å². The molecule has 0 saturated heterocycles. The molecular weight excluding hydrogens is 284 g/mol. The average Bonchev–Trinajstić information content (AvgIpc) is 2.87. The quantitative estimate of drug-likeness (QED) is 0.803. The van der Waals surface area contributed by atoms with Crippen molar-refractivity contribution in [2.24, 2.45) is 0 Å². The highest BCUT2D eigenvalue weighted by atomic mass is 32.1. The topological polar surface area (TPSA) is 59.8 Å². The van der Waals surface area contributed by atoms with Gasteiger partial charge < -0.3 is 5.32 Å². The lowest BCUT2D eigenvalue weighted by atomic mass is 10.2. The molecule has 5 nitrogen and oxygen atoms in total. The first kappa shape index (κ1) is 13.8. The number of aromatic nitrogens is 3. The van der Waals surface area contributed by atoms with Crippen LogP contribution in [0, 0.1) is 0 Å². The van der Waals surface area contributed by atoms with Gasteiger partial charge in [0.05, 0.1) is 10.9 Å². The molecular formula is C15H16N4OS. The Morgan fingerprint density at radius 3 is 3.00 bits per heavy atom. The van der Waals surface area contributed by atoms with Crippen LogP contribution in [0.15, 0.2) is 29.5 Å². The Balaban J connectivity index is 2.32. The van der Waals surface area contributed by atoms with Gasteiger partial charge in [0.2, 0.25) is 0 Å². The number of nitrogens with one attached hydrogen (secondary N) is 1. The summed E-state index contributed by atoms with van der Waals surface area (Å²) in [4.78, 5) is 22.2. The van der Waals surface area contributed by atoms with Crippen molar-refractivity contribution in [3.8, 4) is 0 Å². The summed E-state index contributed by atoms with van der Waals surface area (Å²) in [5.74, 6) is 0. The van der Waals surface area contributed by atoms with Gasteiger partial charge in [-0.25, -0.2) is 9.97 Å². The lowest BCUT2D eigenvalue weighted by molar-refractivity contribution is 1.02. The van der Waals surface area contributed by atoms with Gasteiger partial charge in [-0.2, -0.15) is 0 Å². The van der Waals surface area contributed by atoms with Crippen LogP contribution in [0.1, 0.15) is 20.3 Å². The molecule has 1 N–H and O–H groups in total. The molecule has 6 heteroatoms. The molecule has 0 radical (unpaired) electrons. The number of fused-ring (bicyclic) bond motifs is 3. The third-order valence-electron chi connectivity index (χ3n) is 3.18. The predicted molar refractivity (Wildman–Crippen MR) is 89.0 cm³/mol. The molecule has 3 rings (SSSR count). The van der Waals surface area contributed by atoms with Gasteiger partial charge in [0.1, 0.15) is 15.9 Å². The molecule has 0 aliphatic carbocycles. The Bertz CT molecular complexity index is 878. The SMILES string of the molecule is CC/C=C/n1cnc2c(sc3nccc(NCC)c32)c1=O. The van der Waals surface area contributed by atoms with Crippen LogP contribution in [0.5, 0.6) is 0 Å². The zero-order valence-electron chi connectivity index (χ0n) is 12.0. The fourth-order valence-electron chi connectivity index (χ4n) is 2.23. The molecule has 0 atom stereocenters. The molecule has 0 bridgehead atoms. The van der Waals surface area contributed by atoms with Crippen LogP contribution in [0.3, 0.4) is 0 Å². The minimum absolute atomic E-state index is 0.0462. The van der Waals surface area contributed by atoms with Gasteiger partial charge in [0.25, 0.3) is 5.56 Å². The Morgan fingerprint density at radius 1 is 1.38 bits per heavy atom. The highest BCUT2D eigenvalue weighted by Gasteiger charge is 2.14. The number of allylic oxidation sites excluding steroid dienone is 1. The van der Waals surface area contributed by atoms with Crippen molar-refractivity contribution in [2.75, 3.05) is 11.9 Å². The summed E-state index contributed by atoms with van der Waals surface area (Å²) in [7, 11) is 0. The fraction of sp³-hybridized carbons (Fsp3) is 0.267. The van der Waals surface area contributed by atoms with Gasteiger partial charge in [-0.3, -0.25) is 9.36 Å². The molecule has 21 heavy (non-hydrogen) atoms. The van der Waals surface area contributed by atoms with Crippen LogP contribution in [0.2, 0.25) is 0 Å². The molecule has 3 aromatic heterocycles. The smallest absolute Gasteiger partial charge is 0.275 e. The van der Waals surface area contributed by atoms with E-state index < -0.39 is 0 Å². The largest absolute Gasteiger partial charge is 0.385 e. The minimum atomic E-state index is -0.0462. The molecule has 0 aromatic carbocycles. The Labute approximate surface area is 126 Å². The molecule has 0 spiro atoms. The van der Waals surface area contributed by atoms with E-state index in [1.54, 1.807) is 18.7 Å². The van der Waals surface area contributed by atoms with Crippen molar-refractivity contribution in [2.45, 2.75) is 20.3 Å². The monoisotopic (exact) mass is 300 g/mol. The molecule has 0 fully saturated rings. The molecule has 0 aliphatic rings. The van der Waals surface area contributed by atoms with Crippen LogP contribution in [0.4, 0.5) is 5.69 Å². The molecule has 3 aromatic rings. The second-order valence-electron chi connectivity index (χ2n) is 4.60. The fourth-order valence-corrected chi connectivity index (χ4v) is 3.29. The summed E-state index contributed by atoms with van der Waals surface area (Å²) in [6.07, 6.45) is 7.91. The van der Waals surface area contributed by atoms with E-state index in [0.717, 1.165) is 34.4 Å². The first-order valence-electron chi connectivity index (χ1n) is 6.95. The number of hydrogen-bond donors (Lipinski definition) is 1. The average molecular weight is 300 g/mol. The normalized spacial score (nSPS) is 11.7. The lowest BCUT2D eigenvalue weighted by Gasteiger charge is -2.04. The van der Waals surface area contributed by atoms with E-state index in [1.807, 2.05) is 26.0 Å². The van der Waals surface area contributed by atoms with Crippen LogP contribution in [0.25, 0.3) is 26.6 Å². The maximum Gasteiger partial charge on any atom is 0.275 e. The first-order chi connectivity index (χ1) is 10.3. The molecule has 3 heterocycles. The van der Waals surface area contributed by atoms with E-state index in [-0.39, 0.29) is 5.56 Å². The molecule has 0 saturated carbocycles. The second kappa shape index (κ2) is 5.65. The third-order valence-corrected chi connectivity index (χ3v) is 4.25. The number of hydrogen-bond acceptors (Lipinski definition) is 5. The van der Waals surface area contributed by atoms with Gasteiger partial charge in [-0.05, 0) is 19.4 Å². The number of anilines is 1. The molecule has 0 amide bonds. The van der Waals surface area contributed by atoms with Crippen LogP contribution < -0.4 is 10.9 Å². The van der Waals surface area contributed by atoms with Crippen LogP contribution in [-0.4, -0.2) is 21.1 Å². The standard InChI is InChI=1S/C15H16N4OS/c1-3-5-8-19-9-18-12-11-10(16-4-2)6-7-17-14(11)21-13(12)15(19)20/h5-9H,3-4H2,1-2H3,(H,16,17)/b8-5+. The van der Waals surface area contributed by atoms with Crippen molar-refractivity contribution in [3.63, 3.8) is 0 Å². The number of rotatable bonds is 4. The number of thiophene rings is 1. The van der Waals surface area contributed by atoms with Crippen LogP contribution >= 0.6 is 11.3 Å². The van der Waals surface area contributed by atoms with Crippen molar-refractivity contribution in [1.82, 2.24) is 14.5 Å². The zero-order valence-corrected chi connectivity index (χ0v) is 12.8. The number of pyridine rings is 1. The summed E-state index contributed by atoms with van der Waals surface area (Å²) in [6, 6.07) is 1.92. The Morgan fingerprint density at radius 2 is 2.24 bits per heavy atom. The van der Waals surface area contributed by atoms with E-state index in [9.17, 15) is 4.79 Å². The highest BCUT2D eigenvalue weighted by molar-refractivity contribution is 7.25. The van der Waals surface area contributed by atoms with E-state index >= 15 is 0 Å². The third kappa shape index (κ3) is 2.31. The summed E-state index contributed by atoms with van der Waals surface area (Å²) >= 11 is 1.40. The highest BCUT2D eigenvalue weighted by Crippen LogP contribution is 2.33. The molecule has 0 unspecified atom stereocenters. The second-order valence-corrected chi connectivity index (χ2v) is 5.60. The Hall–Kier alpha value is -2.21. The van der Waals surface area contributed by atoms with Gasteiger partial charge in [0, 0.05) is 24.6 Å². The van der Waals surface area contributed by atoms with Gasteiger partial charge >= 0.3 is 0 Å². The van der Waals surface area contributed by atoms with Crippen molar-refractivity contribution in [3.05, 3.63) is 35.0 Å². The zero-order chi connectivity index (χ0) is 14.8. The maximum absolute atomic E-state index is 12.5. The summed E-state index contributed by atoms with van der Waals surface area (Å²) in [6.45, 7) is 4.88. The van der Waals surface area contributed by atoms with Crippen molar-refractivity contribution >= 4 is 43.7 Å². The summed E-state index contributed by atoms with van der Waals surface area (Å²) < 4.78 is 2.17. The summed E-state index contributed by atoms with van der Waals surface area (Å²) in [5, 5.41) is 4.23. The van der Waals surface area contributed by atoms with E-state index in [1.165, 1.54) is 15.9 Å². The van der Waals surface area contributed by atoms with Gasteiger partial charge in [0.15, 0.2) is 0 Å². The lowest BCUT2D eigenvalue weighted by Crippen LogP contribution is -2.14. The minimum Gasteiger partial charge on any atom is -0.385 e. The van der Waals surface area contributed by atoms with Crippen molar-refractivity contribution in [1.29, 1.82) is 0 Å². The summed E-state index contributed by atoms with van der Waals surface area (Å²) in [5.41, 5.74) is 1.66. The first-order valence-corrected chi connectivity index (χ1v) is 7.76. The maximum atomic E-state index is 12.5. The van der Waals surface area contributed by atoms with Gasteiger partial charge in [-0.1, -0.05) is 13.0 Å². The van der Waals surface area contributed by atoms with Gasteiger partial charge in [-0.15, -0.1) is 11.3 Å². The Kier molecular flexibility index (Phi) is 3.70. The predicted octanol–water partition coefficient (Wildman–Crippen LogP) is 3.32. The number of nitrogens with zero attached hydrogens (tertiary/aromatic N) is 3. The van der Waals surface area contributed by atoms with Crippen molar-refractivity contribution < 1.29 is 0 Å². The van der Waals surface area contributed by atoms with E-state index in [4.69, 9.17) is 0 Å². The van der Waals surface area contributed by atoms with E-state index in [0.29, 0.717) is 4.70 Å².